The van der Waals surface area contributed by atoms with Crippen LogP contribution in [0.25, 0.3) is 81.7 Å². The minimum atomic E-state index is 0.709. The van der Waals surface area contributed by atoms with Gasteiger partial charge in [0, 0.05) is 27.6 Å². The van der Waals surface area contributed by atoms with Gasteiger partial charge in [0.15, 0.2) is 0 Å². The zero-order valence-corrected chi connectivity index (χ0v) is 37.5. The Hall–Kier alpha value is -7.03. The lowest BCUT2D eigenvalue weighted by atomic mass is 9.89. The van der Waals surface area contributed by atoms with Crippen LogP contribution >= 0.6 is 0 Å². The Morgan fingerprint density at radius 1 is 0.492 bits per heavy atom. The van der Waals surface area contributed by atoms with Crippen molar-refractivity contribution in [3.8, 4) is 16.8 Å². The molecule has 312 valence electrons. The van der Waals surface area contributed by atoms with E-state index in [4.69, 9.17) is 5.41 Å². The first-order valence-electron chi connectivity index (χ1n) is 23.0. The van der Waals surface area contributed by atoms with E-state index in [1.807, 2.05) is 57.2 Å². The second-order valence-corrected chi connectivity index (χ2v) is 16.0. The van der Waals surface area contributed by atoms with Crippen LogP contribution < -0.4 is 0 Å². The average molecular weight is 819 g/mol. The molecule has 1 aromatic heterocycles. The van der Waals surface area contributed by atoms with E-state index < -0.39 is 0 Å². The van der Waals surface area contributed by atoms with E-state index in [1.165, 1.54) is 106 Å². The molecule has 1 heterocycles. The van der Waals surface area contributed by atoms with E-state index in [0.29, 0.717) is 5.71 Å². The Bertz CT molecular complexity index is 3250. The van der Waals surface area contributed by atoms with Gasteiger partial charge in [-0.2, -0.15) is 0 Å². The van der Waals surface area contributed by atoms with Crippen molar-refractivity contribution in [1.82, 2.24) is 4.57 Å². The smallest absolute Gasteiger partial charge is 0.0625 e. The third kappa shape index (κ3) is 8.47. The number of fused-ring (bicyclic) bond motifs is 6. The van der Waals surface area contributed by atoms with Gasteiger partial charge in [0.25, 0.3) is 0 Å². The number of nitrogens with one attached hydrogen (secondary N) is 1. The minimum Gasteiger partial charge on any atom is -0.309 e. The third-order valence-electron chi connectivity index (χ3n) is 12.2. The molecule has 0 saturated carbocycles. The first-order chi connectivity index (χ1) is 31.1. The van der Waals surface area contributed by atoms with Crippen molar-refractivity contribution >= 4 is 70.6 Å². The Morgan fingerprint density at radius 3 is 1.81 bits per heavy atom. The maximum absolute atomic E-state index is 7.48. The SMILES string of the molecule is CC.CCC(=N)c1ccccc1.CCCCc1ccc(-c2ccc3c(c2)c2cccc4c2c2c3cc3ccccc3c2n4-c2ccccc2)c2ccccc12.CCc1ccccc1. The number of aromatic nitrogens is 1. The topological polar surface area (TPSA) is 28.8 Å². The van der Waals surface area contributed by atoms with Gasteiger partial charge in [-0.25, -0.2) is 0 Å². The summed E-state index contributed by atoms with van der Waals surface area (Å²) in [4.78, 5) is 0. The Morgan fingerprint density at radius 2 is 1.13 bits per heavy atom. The second-order valence-electron chi connectivity index (χ2n) is 16.0. The van der Waals surface area contributed by atoms with E-state index in [0.717, 1.165) is 24.8 Å². The summed E-state index contributed by atoms with van der Waals surface area (Å²) >= 11 is 0. The van der Waals surface area contributed by atoms with Gasteiger partial charge < -0.3 is 9.98 Å². The minimum absolute atomic E-state index is 0.709. The molecule has 0 atom stereocenters. The maximum Gasteiger partial charge on any atom is 0.0625 e. The highest BCUT2D eigenvalue weighted by atomic mass is 15.0. The Kier molecular flexibility index (Phi) is 13.4. The van der Waals surface area contributed by atoms with E-state index in [2.05, 4.69) is 176 Å². The van der Waals surface area contributed by atoms with Gasteiger partial charge in [0.05, 0.1) is 11.0 Å². The summed E-state index contributed by atoms with van der Waals surface area (Å²) in [5.74, 6) is 0. The van der Waals surface area contributed by atoms with Crippen molar-refractivity contribution in [3.63, 3.8) is 0 Å². The molecule has 11 aromatic rings. The fraction of sp³-hybridized carbons (Fsp3) is 0.164. The van der Waals surface area contributed by atoms with Crippen LogP contribution in [0.3, 0.4) is 0 Å². The number of hydrogen-bond acceptors (Lipinski definition) is 1. The van der Waals surface area contributed by atoms with Gasteiger partial charge in [-0.1, -0.05) is 205 Å². The zero-order chi connectivity index (χ0) is 43.7. The van der Waals surface area contributed by atoms with Crippen molar-refractivity contribution in [3.05, 3.63) is 211 Å². The molecule has 0 amide bonds. The van der Waals surface area contributed by atoms with Crippen LogP contribution in [0.15, 0.2) is 194 Å². The van der Waals surface area contributed by atoms with Crippen LogP contribution in [0.1, 0.15) is 70.6 Å². The number of benzene rings is 10. The highest BCUT2D eigenvalue weighted by Crippen LogP contribution is 2.47. The van der Waals surface area contributed by atoms with Crippen molar-refractivity contribution in [1.29, 1.82) is 5.41 Å². The number of hydrogen-bond donors (Lipinski definition) is 1. The predicted molar refractivity (Wildman–Crippen MR) is 277 cm³/mol. The predicted octanol–water partition coefficient (Wildman–Crippen LogP) is 17.6. The molecule has 0 spiro atoms. The van der Waals surface area contributed by atoms with Crippen LogP contribution in [0.5, 0.6) is 0 Å². The first kappa shape index (κ1) is 42.7. The molecule has 0 aliphatic heterocycles. The molecular formula is C61H58N2. The number of para-hydroxylation sites is 1. The van der Waals surface area contributed by atoms with Crippen LogP contribution in [0.2, 0.25) is 0 Å². The largest absolute Gasteiger partial charge is 0.309 e. The number of rotatable bonds is 8. The van der Waals surface area contributed by atoms with Crippen LogP contribution in [0.4, 0.5) is 0 Å². The number of unbranched alkanes of at least 4 members (excludes halogenated alkanes) is 1. The zero-order valence-electron chi connectivity index (χ0n) is 37.5. The third-order valence-corrected chi connectivity index (χ3v) is 12.2. The molecule has 0 aliphatic rings. The lowest BCUT2D eigenvalue weighted by molar-refractivity contribution is 0.799. The molecule has 0 radical (unpaired) electrons. The summed E-state index contributed by atoms with van der Waals surface area (Å²) in [5.41, 5.74) is 10.9. The standard InChI is InChI=1S/C42H31N.C9H11N.C8H10.C2H6/c1-2-3-12-27-21-23-32(34-18-10-9-16-31(27)34)29-22-24-35-37(25-29)36-19-11-20-39-40(36)41-38(35)26-28-13-7-8-17-33(28)42(41)43(39)30-14-5-4-6-15-30;1-2-9(10)8-6-4-3-5-7-8;1-2-8-6-4-3-5-7-8;1-2/h4-11,13-26H,2-3,12H2,1H3;3-7,10H,2H2,1H3;3-7H,2H2,1H3;1-2H3. The van der Waals surface area contributed by atoms with Crippen molar-refractivity contribution in [2.45, 2.75) is 66.7 Å². The van der Waals surface area contributed by atoms with Crippen LogP contribution in [0, 0.1) is 5.41 Å². The number of aryl methyl sites for hydroxylation is 2. The Balaban J connectivity index is 0.000000226. The van der Waals surface area contributed by atoms with E-state index >= 15 is 0 Å². The molecule has 0 bridgehead atoms. The summed E-state index contributed by atoms with van der Waals surface area (Å²) in [5, 5.41) is 20.8. The quantitative estimate of drug-likeness (QED) is 0.0899. The van der Waals surface area contributed by atoms with Crippen LogP contribution in [-0.2, 0) is 12.8 Å². The monoisotopic (exact) mass is 818 g/mol. The van der Waals surface area contributed by atoms with Gasteiger partial charge in [0.1, 0.15) is 0 Å². The van der Waals surface area contributed by atoms with E-state index in [-0.39, 0.29) is 0 Å². The maximum atomic E-state index is 7.48. The molecule has 0 fully saturated rings. The van der Waals surface area contributed by atoms with E-state index in [1.54, 1.807) is 0 Å². The molecule has 63 heavy (non-hydrogen) atoms. The molecule has 1 N–H and O–H groups in total. The second kappa shape index (κ2) is 19.8. The molecule has 2 heteroatoms. The molecular weight excluding hydrogens is 761 g/mol. The molecule has 10 aromatic carbocycles. The molecule has 11 rings (SSSR count). The van der Waals surface area contributed by atoms with Gasteiger partial charge in [-0.3, -0.25) is 0 Å². The van der Waals surface area contributed by atoms with E-state index in [9.17, 15) is 0 Å². The lowest BCUT2D eigenvalue weighted by Gasteiger charge is -2.14. The van der Waals surface area contributed by atoms with Gasteiger partial charge in [0.2, 0.25) is 0 Å². The number of nitrogens with zero attached hydrogens (tertiary/aromatic N) is 1. The van der Waals surface area contributed by atoms with Gasteiger partial charge >= 0.3 is 0 Å². The first-order valence-corrected chi connectivity index (χ1v) is 23.0. The Labute approximate surface area is 373 Å². The van der Waals surface area contributed by atoms with Crippen molar-refractivity contribution in [2.24, 2.45) is 0 Å². The van der Waals surface area contributed by atoms with Crippen LogP contribution in [-0.4, -0.2) is 10.3 Å². The summed E-state index contributed by atoms with van der Waals surface area (Å²) in [6.07, 6.45) is 5.51. The average Bonchev–Trinajstić information content (AvgIpc) is 3.73. The molecule has 0 aliphatic carbocycles. The fourth-order valence-electron chi connectivity index (χ4n) is 9.13. The molecule has 0 saturated heterocycles. The van der Waals surface area contributed by atoms with Crippen molar-refractivity contribution < 1.29 is 0 Å². The molecule has 0 unspecified atom stereocenters. The fourth-order valence-corrected chi connectivity index (χ4v) is 9.13. The van der Waals surface area contributed by atoms with Crippen molar-refractivity contribution in [2.75, 3.05) is 0 Å². The summed E-state index contributed by atoms with van der Waals surface area (Å²) in [6, 6.07) is 70.0. The van der Waals surface area contributed by atoms with Gasteiger partial charge in [-0.15, -0.1) is 0 Å². The summed E-state index contributed by atoms with van der Waals surface area (Å²) < 4.78 is 2.48. The summed E-state index contributed by atoms with van der Waals surface area (Å²) in [6.45, 7) is 10.4. The van der Waals surface area contributed by atoms with Gasteiger partial charge in [-0.05, 0) is 122 Å². The molecule has 2 nitrogen and oxygen atoms in total. The normalized spacial score (nSPS) is 11.0. The highest BCUT2D eigenvalue weighted by molar-refractivity contribution is 6.38. The summed E-state index contributed by atoms with van der Waals surface area (Å²) in [7, 11) is 0. The lowest BCUT2D eigenvalue weighted by Crippen LogP contribution is -1.94. The highest BCUT2D eigenvalue weighted by Gasteiger charge is 2.22.